The predicted molar refractivity (Wildman–Crippen MR) is 54.4 cm³/mol. The summed E-state index contributed by atoms with van der Waals surface area (Å²) in [6.45, 7) is 6.62. The van der Waals surface area contributed by atoms with Gasteiger partial charge in [0.25, 0.3) is 0 Å². The van der Waals surface area contributed by atoms with Crippen LogP contribution in [0.3, 0.4) is 0 Å². The zero-order valence-corrected chi connectivity index (χ0v) is 9.19. The molecule has 0 spiro atoms. The van der Waals surface area contributed by atoms with E-state index in [1.807, 2.05) is 20.8 Å². The highest BCUT2D eigenvalue weighted by Crippen LogP contribution is 2.16. The first-order valence-corrected chi connectivity index (χ1v) is 4.83. The van der Waals surface area contributed by atoms with Crippen molar-refractivity contribution in [3.8, 4) is 0 Å². The van der Waals surface area contributed by atoms with Crippen molar-refractivity contribution in [1.29, 1.82) is 0 Å². The predicted octanol–water partition coefficient (Wildman–Crippen LogP) is 0.207. The van der Waals surface area contributed by atoms with Gasteiger partial charge in [-0.15, -0.1) is 5.10 Å². The van der Waals surface area contributed by atoms with Crippen LogP contribution in [0.2, 0.25) is 0 Å². The summed E-state index contributed by atoms with van der Waals surface area (Å²) in [5.74, 6) is -0.923. The highest BCUT2D eigenvalue weighted by molar-refractivity contribution is 5.66. The fourth-order valence-corrected chi connectivity index (χ4v) is 1.33. The van der Waals surface area contributed by atoms with E-state index in [1.54, 1.807) is 6.20 Å². The van der Waals surface area contributed by atoms with Gasteiger partial charge in [0.15, 0.2) is 0 Å². The third-order valence-corrected chi connectivity index (χ3v) is 2.09. The van der Waals surface area contributed by atoms with Gasteiger partial charge in [0.2, 0.25) is 0 Å². The van der Waals surface area contributed by atoms with Crippen LogP contribution in [0.5, 0.6) is 0 Å². The molecule has 0 atom stereocenters. The van der Waals surface area contributed by atoms with Crippen LogP contribution < -0.4 is 5.32 Å². The van der Waals surface area contributed by atoms with Gasteiger partial charge in [0.1, 0.15) is 12.2 Å². The van der Waals surface area contributed by atoms with Crippen molar-refractivity contribution in [2.45, 2.75) is 32.9 Å². The Morgan fingerprint density at radius 2 is 2.33 bits per heavy atom. The van der Waals surface area contributed by atoms with Gasteiger partial charge in [-0.05, 0) is 20.4 Å². The smallest absolute Gasteiger partial charge is 0.325 e. The second kappa shape index (κ2) is 4.39. The summed E-state index contributed by atoms with van der Waals surface area (Å²) in [5.41, 5.74) is 0.455. The number of carboxylic acids is 1. The zero-order chi connectivity index (χ0) is 11.5. The Kier molecular flexibility index (Phi) is 3.41. The summed E-state index contributed by atoms with van der Waals surface area (Å²) in [7, 11) is 0. The summed E-state index contributed by atoms with van der Waals surface area (Å²) < 4.78 is 1.32. The molecule has 0 amide bonds. The number of carboxylic acid groups (broad SMARTS) is 1. The van der Waals surface area contributed by atoms with E-state index in [0.717, 1.165) is 12.2 Å². The standard InChI is InChI=1S/C9H16N4O2/c1-4-10-9(2,3)7-5-13(12-11-7)6-8(14)15/h5,10H,4,6H2,1-3H3,(H,14,15). The van der Waals surface area contributed by atoms with E-state index >= 15 is 0 Å². The van der Waals surface area contributed by atoms with Gasteiger partial charge in [0.05, 0.1) is 11.7 Å². The Bertz CT molecular complexity index is 346. The number of aliphatic carboxylic acids is 1. The Morgan fingerprint density at radius 1 is 1.67 bits per heavy atom. The molecule has 2 N–H and O–H groups in total. The van der Waals surface area contributed by atoms with E-state index in [9.17, 15) is 4.79 Å². The minimum absolute atomic E-state index is 0.158. The minimum atomic E-state index is -0.923. The molecule has 0 aromatic carbocycles. The second-order valence-corrected chi connectivity index (χ2v) is 3.85. The molecule has 0 radical (unpaired) electrons. The third kappa shape index (κ3) is 3.02. The topological polar surface area (TPSA) is 80.0 Å². The van der Waals surface area contributed by atoms with Crippen LogP contribution in [0.15, 0.2) is 6.20 Å². The second-order valence-electron chi connectivity index (χ2n) is 3.85. The van der Waals surface area contributed by atoms with Crippen LogP contribution in [0.4, 0.5) is 0 Å². The highest BCUT2D eigenvalue weighted by Gasteiger charge is 2.22. The van der Waals surface area contributed by atoms with E-state index in [-0.39, 0.29) is 12.1 Å². The van der Waals surface area contributed by atoms with Gasteiger partial charge in [0, 0.05) is 0 Å². The molecule has 6 nitrogen and oxygen atoms in total. The van der Waals surface area contributed by atoms with Crippen molar-refractivity contribution in [1.82, 2.24) is 20.3 Å². The molecule has 0 fully saturated rings. The Morgan fingerprint density at radius 3 is 2.87 bits per heavy atom. The number of carbonyl (C=O) groups is 1. The minimum Gasteiger partial charge on any atom is -0.480 e. The van der Waals surface area contributed by atoms with Crippen molar-refractivity contribution in [3.05, 3.63) is 11.9 Å². The highest BCUT2D eigenvalue weighted by atomic mass is 16.4. The van der Waals surface area contributed by atoms with Crippen LogP contribution in [0.1, 0.15) is 26.5 Å². The number of hydrogen-bond acceptors (Lipinski definition) is 4. The molecular formula is C9H16N4O2. The molecule has 1 aromatic rings. The first-order chi connectivity index (χ1) is 6.95. The first kappa shape index (κ1) is 11.6. The molecule has 0 saturated heterocycles. The molecule has 84 valence electrons. The number of hydrogen-bond donors (Lipinski definition) is 2. The van der Waals surface area contributed by atoms with Crippen molar-refractivity contribution in [3.63, 3.8) is 0 Å². The molecule has 1 heterocycles. The van der Waals surface area contributed by atoms with Crippen molar-refractivity contribution >= 4 is 5.97 Å². The molecule has 0 aliphatic heterocycles. The molecule has 0 bridgehead atoms. The number of aromatic nitrogens is 3. The lowest BCUT2D eigenvalue weighted by Gasteiger charge is -2.22. The Balaban J connectivity index is 2.78. The van der Waals surface area contributed by atoms with Crippen molar-refractivity contribution in [2.75, 3.05) is 6.54 Å². The van der Waals surface area contributed by atoms with E-state index in [2.05, 4.69) is 15.6 Å². The third-order valence-electron chi connectivity index (χ3n) is 2.09. The lowest BCUT2D eigenvalue weighted by Crippen LogP contribution is -2.36. The number of nitrogens with zero attached hydrogens (tertiary/aromatic N) is 3. The monoisotopic (exact) mass is 212 g/mol. The SMILES string of the molecule is CCNC(C)(C)c1cn(CC(=O)O)nn1. The van der Waals surface area contributed by atoms with Crippen molar-refractivity contribution in [2.24, 2.45) is 0 Å². The van der Waals surface area contributed by atoms with Crippen LogP contribution in [0, 0.1) is 0 Å². The maximum Gasteiger partial charge on any atom is 0.325 e. The Labute approximate surface area is 88.3 Å². The average Bonchev–Trinajstić information content (AvgIpc) is 2.51. The molecule has 0 unspecified atom stereocenters. The average molecular weight is 212 g/mol. The first-order valence-electron chi connectivity index (χ1n) is 4.83. The van der Waals surface area contributed by atoms with E-state index in [0.29, 0.717) is 0 Å². The number of nitrogens with one attached hydrogen (secondary N) is 1. The normalized spacial score (nSPS) is 11.7. The van der Waals surface area contributed by atoms with Crippen LogP contribution in [-0.2, 0) is 16.9 Å². The molecule has 15 heavy (non-hydrogen) atoms. The van der Waals surface area contributed by atoms with Crippen LogP contribution in [-0.4, -0.2) is 32.6 Å². The summed E-state index contributed by atoms with van der Waals surface area (Å²) in [6.07, 6.45) is 1.65. The van der Waals surface area contributed by atoms with E-state index in [1.165, 1.54) is 4.68 Å². The fourth-order valence-electron chi connectivity index (χ4n) is 1.33. The molecule has 1 rings (SSSR count). The maximum atomic E-state index is 10.4. The maximum absolute atomic E-state index is 10.4. The van der Waals surface area contributed by atoms with E-state index in [4.69, 9.17) is 5.11 Å². The molecule has 6 heteroatoms. The van der Waals surface area contributed by atoms with Gasteiger partial charge in [-0.25, -0.2) is 4.68 Å². The fraction of sp³-hybridized carbons (Fsp3) is 0.667. The lowest BCUT2D eigenvalue weighted by atomic mass is 10.0. The largest absolute Gasteiger partial charge is 0.480 e. The molecular weight excluding hydrogens is 196 g/mol. The summed E-state index contributed by atoms with van der Waals surface area (Å²) in [6, 6.07) is 0. The number of rotatable bonds is 5. The van der Waals surface area contributed by atoms with Gasteiger partial charge in [-0.1, -0.05) is 12.1 Å². The van der Waals surface area contributed by atoms with Crippen LogP contribution in [0.25, 0.3) is 0 Å². The van der Waals surface area contributed by atoms with Gasteiger partial charge >= 0.3 is 5.97 Å². The van der Waals surface area contributed by atoms with Gasteiger partial charge in [-0.3, -0.25) is 4.79 Å². The Hall–Kier alpha value is -1.43. The summed E-state index contributed by atoms with van der Waals surface area (Å²) >= 11 is 0. The van der Waals surface area contributed by atoms with Crippen LogP contribution >= 0.6 is 0 Å². The molecule has 0 aliphatic carbocycles. The molecule has 1 aromatic heterocycles. The summed E-state index contributed by atoms with van der Waals surface area (Å²) in [5, 5.41) is 19.5. The quantitative estimate of drug-likeness (QED) is 0.729. The van der Waals surface area contributed by atoms with Gasteiger partial charge in [-0.2, -0.15) is 0 Å². The molecule has 0 saturated carbocycles. The summed E-state index contributed by atoms with van der Waals surface area (Å²) in [4.78, 5) is 10.4. The van der Waals surface area contributed by atoms with E-state index < -0.39 is 5.97 Å². The van der Waals surface area contributed by atoms with Crippen molar-refractivity contribution < 1.29 is 9.90 Å². The molecule has 0 aliphatic rings. The van der Waals surface area contributed by atoms with Gasteiger partial charge < -0.3 is 10.4 Å². The zero-order valence-electron chi connectivity index (χ0n) is 9.19. The lowest BCUT2D eigenvalue weighted by molar-refractivity contribution is -0.137.